The highest BCUT2D eigenvalue weighted by Gasteiger charge is 1.89. The summed E-state index contributed by atoms with van der Waals surface area (Å²) in [5.74, 6) is 1.03. The van der Waals surface area contributed by atoms with Gasteiger partial charge in [0.2, 0.25) is 0 Å². The van der Waals surface area contributed by atoms with E-state index >= 15 is 0 Å². The molecule has 0 spiro atoms. The quantitative estimate of drug-likeness (QED) is 0.660. The number of hydrogen-bond donors (Lipinski definition) is 0. The van der Waals surface area contributed by atoms with Crippen LogP contribution in [0.2, 0.25) is 0 Å². The highest BCUT2D eigenvalue weighted by atomic mass is 32.2. The molecule has 58 valence electrons. The average Bonchev–Trinajstić information content (AvgIpc) is 2.04. The fourth-order valence-electron chi connectivity index (χ4n) is 0.839. The lowest BCUT2D eigenvalue weighted by Crippen LogP contribution is -1.78. The van der Waals surface area contributed by atoms with Gasteiger partial charge in [-0.05, 0) is 17.9 Å². The first-order valence-electron chi connectivity index (χ1n) is 3.61. The molecule has 1 heteroatoms. The Bertz CT molecular complexity index is 223. The van der Waals surface area contributed by atoms with Gasteiger partial charge in [0.05, 0.1) is 0 Å². The van der Waals surface area contributed by atoms with E-state index in [1.165, 1.54) is 11.1 Å². The van der Waals surface area contributed by atoms with Crippen LogP contribution in [0.15, 0.2) is 36.3 Å². The molecule has 0 aromatic heterocycles. The summed E-state index contributed by atoms with van der Waals surface area (Å²) in [5, 5.41) is 1.87. The second kappa shape index (κ2) is 4.24. The van der Waals surface area contributed by atoms with Crippen molar-refractivity contribution in [2.75, 3.05) is 0 Å². The van der Waals surface area contributed by atoms with Gasteiger partial charge in [-0.25, -0.2) is 0 Å². The van der Waals surface area contributed by atoms with Gasteiger partial charge in [-0.2, -0.15) is 0 Å². The van der Waals surface area contributed by atoms with Crippen LogP contribution in [-0.4, -0.2) is 0 Å². The SMILES string of the molecule is C=CSCc1ccc(C)cc1. The molecule has 0 atom stereocenters. The summed E-state index contributed by atoms with van der Waals surface area (Å²) in [6.07, 6.45) is 0. The third-order valence-corrected chi connectivity index (χ3v) is 2.22. The second-order valence-electron chi connectivity index (χ2n) is 2.46. The normalized spacial score (nSPS) is 9.55. The largest absolute Gasteiger partial charge is 0.130 e. The minimum absolute atomic E-state index is 1.03. The Kier molecular flexibility index (Phi) is 3.24. The lowest BCUT2D eigenvalue weighted by Gasteiger charge is -1.97. The van der Waals surface area contributed by atoms with Gasteiger partial charge in [-0.3, -0.25) is 0 Å². The van der Waals surface area contributed by atoms with Crippen molar-refractivity contribution in [3.8, 4) is 0 Å². The van der Waals surface area contributed by atoms with Gasteiger partial charge in [0.1, 0.15) is 0 Å². The number of hydrogen-bond acceptors (Lipinski definition) is 1. The predicted octanol–water partition coefficient (Wildman–Crippen LogP) is 3.37. The molecule has 0 fully saturated rings. The minimum Gasteiger partial charge on any atom is -0.130 e. The summed E-state index contributed by atoms with van der Waals surface area (Å²) in [4.78, 5) is 0. The molecular weight excluding hydrogens is 152 g/mol. The molecule has 0 unspecified atom stereocenters. The first-order chi connectivity index (χ1) is 5.33. The van der Waals surface area contributed by atoms with Crippen molar-refractivity contribution in [2.45, 2.75) is 12.7 Å². The summed E-state index contributed by atoms with van der Waals surface area (Å²) in [7, 11) is 0. The Balaban J connectivity index is 2.58. The van der Waals surface area contributed by atoms with Crippen LogP contribution in [0, 0.1) is 6.92 Å². The van der Waals surface area contributed by atoms with Crippen molar-refractivity contribution in [1.82, 2.24) is 0 Å². The van der Waals surface area contributed by atoms with Crippen LogP contribution >= 0.6 is 11.8 Å². The highest BCUT2D eigenvalue weighted by Crippen LogP contribution is 2.12. The molecule has 0 heterocycles. The molecule has 0 radical (unpaired) electrons. The zero-order chi connectivity index (χ0) is 8.10. The second-order valence-corrected chi connectivity index (χ2v) is 3.42. The highest BCUT2D eigenvalue weighted by molar-refractivity contribution is 8.01. The van der Waals surface area contributed by atoms with E-state index in [0.717, 1.165) is 5.75 Å². The van der Waals surface area contributed by atoms with Crippen molar-refractivity contribution in [3.05, 3.63) is 47.4 Å². The molecule has 0 aliphatic heterocycles. The molecule has 0 bridgehead atoms. The number of rotatable bonds is 3. The minimum atomic E-state index is 1.03. The van der Waals surface area contributed by atoms with E-state index in [1.54, 1.807) is 11.8 Å². The molecule has 0 nitrogen and oxygen atoms in total. The molecule has 0 N–H and O–H groups in total. The van der Waals surface area contributed by atoms with E-state index < -0.39 is 0 Å². The summed E-state index contributed by atoms with van der Waals surface area (Å²) in [6, 6.07) is 8.59. The standard InChI is InChI=1S/C10H12S/c1-3-11-8-10-6-4-9(2)5-7-10/h3-7H,1,8H2,2H3. The van der Waals surface area contributed by atoms with E-state index in [0.29, 0.717) is 0 Å². The Morgan fingerprint density at radius 3 is 2.55 bits per heavy atom. The summed E-state index contributed by atoms with van der Waals surface area (Å²) < 4.78 is 0. The van der Waals surface area contributed by atoms with E-state index in [4.69, 9.17) is 0 Å². The third kappa shape index (κ3) is 2.81. The van der Waals surface area contributed by atoms with Crippen LogP contribution in [0.4, 0.5) is 0 Å². The van der Waals surface area contributed by atoms with Crippen LogP contribution < -0.4 is 0 Å². The summed E-state index contributed by atoms with van der Waals surface area (Å²) >= 11 is 1.73. The van der Waals surface area contributed by atoms with Crippen molar-refractivity contribution < 1.29 is 0 Å². The van der Waals surface area contributed by atoms with E-state index in [-0.39, 0.29) is 0 Å². The maximum absolute atomic E-state index is 3.66. The lowest BCUT2D eigenvalue weighted by atomic mass is 10.2. The molecule has 1 rings (SSSR count). The average molecular weight is 164 g/mol. The smallest absolute Gasteiger partial charge is 0.0225 e. The fourth-order valence-corrected chi connectivity index (χ4v) is 1.34. The van der Waals surface area contributed by atoms with E-state index in [1.807, 2.05) is 5.41 Å². The van der Waals surface area contributed by atoms with Crippen molar-refractivity contribution in [2.24, 2.45) is 0 Å². The zero-order valence-electron chi connectivity index (χ0n) is 6.71. The molecule has 1 aromatic rings. The molecule has 0 aliphatic carbocycles. The van der Waals surface area contributed by atoms with Crippen LogP contribution in [0.5, 0.6) is 0 Å². The monoisotopic (exact) mass is 164 g/mol. The van der Waals surface area contributed by atoms with Gasteiger partial charge in [-0.15, -0.1) is 11.8 Å². The van der Waals surface area contributed by atoms with E-state index in [9.17, 15) is 0 Å². The van der Waals surface area contributed by atoms with E-state index in [2.05, 4.69) is 37.8 Å². The van der Waals surface area contributed by atoms with Gasteiger partial charge in [0.25, 0.3) is 0 Å². The lowest BCUT2D eigenvalue weighted by molar-refractivity contribution is 1.37. The summed E-state index contributed by atoms with van der Waals surface area (Å²) in [6.45, 7) is 5.76. The number of benzene rings is 1. The Labute approximate surface area is 72.3 Å². The van der Waals surface area contributed by atoms with Crippen LogP contribution in [-0.2, 0) is 5.75 Å². The maximum atomic E-state index is 3.66. The van der Waals surface area contributed by atoms with Crippen LogP contribution in [0.25, 0.3) is 0 Å². The van der Waals surface area contributed by atoms with Gasteiger partial charge in [-0.1, -0.05) is 36.4 Å². The van der Waals surface area contributed by atoms with Gasteiger partial charge in [0.15, 0.2) is 0 Å². The van der Waals surface area contributed by atoms with Gasteiger partial charge >= 0.3 is 0 Å². The molecular formula is C10H12S. The van der Waals surface area contributed by atoms with Crippen LogP contribution in [0.3, 0.4) is 0 Å². The summed E-state index contributed by atoms with van der Waals surface area (Å²) in [5.41, 5.74) is 2.68. The number of aryl methyl sites for hydroxylation is 1. The molecule has 0 aliphatic rings. The molecule has 11 heavy (non-hydrogen) atoms. The van der Waals surface area contributed by atoms with Gasteiger partial charge in [0, 0.05) is 5.75 Å². The van der Waals surface area contributed by atoms with Crippen molar-refractivity contribution in [1.29, 1.82) is 0 Å². The Hall–Kier alpha value is -0.690. The Morgan fingerprint density at radius 2 is 2.00 bits per heavy atom. The molecule has 0 saturated heterocycles. The Morgan fingerprint density at radius 1 is 1.36 bits per heavy atom. The van der Waals surface area contributed by atoms with Gasteiger partial charge < -0.3 is 0 Å². The molecule has 1 aromatic carbocycles. The molecule has 0 saturated carbocycles. The third-order valence-electron chi connectivity index (χ3n) is 1.49. The zero-order valence-corrected chi connectivity index (χ0v) is 7.53. The first kappa shape index (κ1) is 8.41. The molecule has 0 amide bonds. The first-order valence-corrected chi connectivity index (χ1v) is 4.66. The fraction of sp³-hybridized carbons (Fsp3) is 0.200. The topological polar surface area (TPSA) is 0 Å². The van der Waals surface area contributed by atoms with Crippen LogP contribution in [0.1, 0.15) is 11.1 Å². The maximum Gasteiger partial charge on any atom is 0.0225 e. The van der Waals surface area contributed by atoms with Crippen molar-refractivity contribution >= 4 is 11.8 Å². The van der Waals surface area contributed by atoms with Crippen molar-refractivity contribution in [3.63, 3.8) is 0 Å². The predicted molar refractivity (Wildman–Crippen MR) is 52.7 cm³/mol. The number of thioether (sulfide) groups is 1.